The molecule has 1 aliphatic heterocycles. The third-order valence-corrected chi connectivity index (χ3v) is 3.33. The van der Waals surface area contributed by atoms with Gasteiger partial charge in [0.1, 0.15) is 18.4 Å². The summed E-state index contributed by atoms with van der Waals surface area (Å²) in [6, 6.07) is 0. The minimum absolute atomic E-state index is 0.536. The average Bonchev–Trinajstić information content (AvgIpc) is 2.63. The highest BCUT2D eigenvalue weighted by Crippen LogP contribution is 2.41. The topological polar surface area (TPSA) is 117 Å². The van der Waals surface area contributed by atoms with Crippen molar-refractivity contribution in [3.05, 3.63) is 27.0 Å². The van der Waals surface area contributed by atoms with Crippen molar-refractivity contribution in [2.75, 3.05) is 6.61 Å². The molecule has 0 aromatic carbocycles. The largest absolute Gasteiger partial charge is 0.394 e. The van der Waals surface area contributed by atoms with E-state index in [1.807, 2.05) is 4.98 Å². The van der Waals surface area contributed by atoms with E-state index in [0.717, 1.165) is 6.20 Å². The molecule has 0 aliphatic carbocycles. The summed E-state index contributed by atoms with van der Waals surface area (Å²) < 4.78 is 5.96. The number of H-pyrrole nitrogens is 1. The smallest absolute Gasteiger partial charge is 0.347 e. The van der Waals surface area contributed by atoms with Crippen LogP contribution < -0.4 is 11.2 Å². The molecule has 0 spiro atoms. The summed E-state index contributed by atoms with van der Waals surface area (Å²) in [7, 11) is 0. The van der Waals surface area contributed by atoms with Crippen molar-refractivity contribution in [3.63, 3.8) is 0 Å². The van der Waals surface area contributed by atoms with Crippen LogP contribution >= 0.6 is 11.6 Å². The minimum atomic E-state index is -1.78. The van der Waals surface area contributed by atoms with Crippen molar-refractivity contribution in [2.24, 2.45) is 0 Å². The maximum Gasteiger partial charge on any atom is 0.347 e. The van der Waals surface area contributed by atoms with Gasteiger partial charge in [0.2, 0.25) is 0 Å². The molecule has 9 heteroatoms. The highest BCUT2D eigenvalue weighted by atomic mass is 35.5. The van der Waals surface area contributed by atoms with Crippen LogP contribution in [0.5, 0.6) is 0 Å². The molecule has 1 aliphatic rings. The zero-order chi connectivity index (χ0) is 14.2. The molecule has 0 amide bonds. The van der Waals surface area contributed by atoms with Gasteiger partial charge in [0.25, 0.3) is 5.56 Å². The second kappa shape index (κ2) is 4.79. The van der Waals surface area contributed by atoms with Crippen LogP contribution in [0.25, 0.3) is 0 Å². The van der Waals surface area contributed by atoms with Gasteiger partial charge in [-0.3, -0.25) is 9.78 Å². The first kappa shape index (κ1) is 13.8. The number of terminal acetylenes is 1. The summed E-state index contributed by atoms with van der Waals surface area (Å²) in [5.41, 5.74) is -1.58. The van der Waals surface area contributed by atoms with E-state index in [4.69, 9.17) is 27.9 Å². The van der Waals surface area contributed by atoms with Gasteiger partial charge < -0.3 is 14.9 Å². The maximum atomic E-state index is 11.6. The van der Waals surface area contributed by atoms with Gasteiger partial charge in [0.05, 0.1) is 6.61 Å². The van der Waals surface area contributed by atoms with Gasteiger partial charge in [0.15, 0.2) is 11.1 Å². The number of alkyl halides is 1. The van der Waals surface area contributed by atoms with E-state index in [0.29, 0.717) is 4.68 Å². The predicted molar refractivity (Wildman–Crippen MR) is 63.5 cm³/mol. The van der Waals surface area contributed by atoms with Crippen LogP contribution in [-0.4, -0.2) is 48.7 Å². The molecule has 1 fully saturated rings. The molecular formula is C10H10ClN3O5. The van der Waals surface area contributed by atoms with Crippen LogP contribution in [0.3, 0.4) is 0 Å². The molecule has 102 valence electrons. The standard InChI is InChI=1S/C10H10ClN3O5/c1-2-10(11)7(17)5(4-15)19-8(10)14-9(18)13-6(16)3-12-14/h1,3,5,7-8,15,17H,4H2,(H,13,16,18). The van der Waals surface area contributed by atoms with Gasteiger partial charge in [-0.05, 0) is 0 Å². The van der Waals surface area contributed by atoms with Crippen molar-refractivity contribution in [1.29, 1.82) is 0 Å². The second-order valence-corrected chi connectivity index (χ2v) is 4.58. The Morgan fingerprint density at radius 2 is 2.37 bits per heavy atom. The third kappa shape index (κ3) is 2.06. The lowest BCUT2D eigenvalue weighted by molar-refractivity contribution is -0.0514. The highest BCUT2D eigenvalue weighted by molar-refractivity contribution is 6.27. The fourth-order valence-electron chi connectivity index (χ4n) is 1.82. The van der Waals surface area contributed by atoms with E-state index in [9.17, 15) is 14.7 Å². The van der Waals surface area contributed by atoms with Crippen molar-refractivity contribution >= 4 is 11.6 Å². The van der Waals surface area contributed by atoms with Crippen molar-refractivity contribution < 1.29 is 14.9 Å². The highest BCUT2D eigenvalue weighted by Gasteiger charge is 2.56. The molecule has 8 nitrogen and oxygen atoms in total. The molecule has 0 bridgehead atoms. The van der Waals surface area contributed by atoms with E-state index in [2.05, 4.69) is 11.0 Å². The van der Waals surface area contributed by atoms with Crippen LogP contribution in [0.4, 0.5) is 0 Å². The van der Waals surface area contributed by atoms with Crippen molar-refractivity contribution in [2.45, 2.75) is 23.3 Å². The zero-order valence-corrected chi connectivity index (χ0v) is 10.2. The Morgan fingerprint density at radius 1 is 1.68 bits per heavy atom. The lowest BCUT2D eigenvalue weighted by atomic mass is 10.00. The van der Waals surface area contributed by atoms with Gasteiger partial charge in [-0.2, -0.15) is 9.78 Å². The Bertz CT molecular complexity index is 635. The Kier molecular flexibility index (Phi) is 3.47. The van der Waals surface area contributed by atoms with Crippen LogP contribution in [0, 0.1) is 12.3 Å². The molecule has 4 unspecified atom stereocenters. The molecular weight excluding hydrogens is 278 g/mol. The SMILES string of the molecule is C#CC1(Cl)C(O)C(CO)OC1n1ncc(=O)[nH]c1=O. The Balaban J connectivity index is 2.52. The summed E-state index contributed by atoms with van der Waals surface area (Å²) in [6.07, 6.45) is 2.35. The first-order valence-corrected chi connectivity index (χ1v) is 5.61. The second-order valence-electron chi connectivity index (χ2n) is 3.95. The van der Waals surface area contributed by atoms with Gasteiger partial charge in [-0.15, -0.1) is 6.42 Å². The fraction of sp³-hybridized carbons (Fsp3) is 0.500. The summed E-state index contributed by atoms with van der Waals surface area (Å²) in [4.78, 5) is 22.8. The molecule has 1 saturated heterocycles. The first-order valence-electron chi connectivity index (χ1n) is 5.23. The number of hydrogen-bond donors (Lipinski definition) is 3. The minimum Gasteiger partial charge on any atom is -0.394 e. The van der Waals surface area contributed by atoms with Gasteiger partial charge in [-0.1, -0.05) is 17.5 Å². The van der Waals surface area contributed by atoms with E-state index in [1.54, 1.807) is 0 Å². The fourth-order valence-corrected chi connectivity index (χ4v) is 2.10. The Morgan fingerprint density at radius 3 is 2.89 bits per heavy atom. The number of aliphatic hydroxyl groups excluding tert-OH is 2. The van der Waals surface area contributed by atoms with Gasteiger partial charge in [0, 0.05) is 0 Å². The average molecular weight is 288 g/mol. The number of aromatic amines is 1. The molecule has 2 rings (SSSR count). The monoisotopic (exact) mass is 287 g/mol. The van der Waals surface area contributed by atoms with Crippen LogP contribution in [-0.2, 0) is 4.74 Å². The zero-order valence-electron chi connectivity index (χ0n) is 9.49. The summed E-state index contributed by atoms with van der Waals surface area (Å²) in [6.45, 7) is -0.536. The summed E-state index contributed by atoms with van der Waals surface area (Å²) >= 11 is 6.08. The predicted octanol–water partition coefficient (Wildman–Crippen LogP) is -2.21. The lowest BCUT2D eigenvalue weighted by Gasteiger charge is -2.24. The number of hydrogen-bond acceptors (Lipinski definition) is 6. The number of nitrogens with zero attached hydrogens (tertiary/aromatic N) is 2. The number of nitrogens with one attached hydrogen (secondary N) is 1. The summed E-state index contributed by atoms with van der Waals surface area (Å²) in [5, 5.41) is 22.5. The molecule has 19 heavy (non-hydrogen) atoms. The molecule has 0 saturated carbocycles. The van der Waals surface area contributed by atoms with Gasteiger partial charge in [-0.25, -0.2) is 4.79 Å². The van der Waals surface area contributed by atoms with Crippen LogP contribution in [0.1, 0.15) is 6.23 Å². The molecule has 2 heterocycles. The molecule has 3 N–H and O–H groups in total. The van der Waals surface area contributed by atoms with E-state index in [1.165, 1.54) is 0 Å². The molecule has 1 aromatic rings. The first-order chi connectivity index (χ1) is 8.93. The molecule has 4 atom stereocenters. The third-order valence-electron chi connectivity index (χ3n) is 2.81. The van der Waals surface area contributed by atoms with E-state index >= 15 is 0 Å². The normalized spacial score (nSPS) is 34.1. The number of aliphatic hydroxyl groups is 2. The van der Waals surface area contributed by atoms with Crippen molar-refractivity contribution in [1.82, 2.24) is 14.8 Å². The van der Waals surface area contributed by atoms with Crippen LogP contribution in [0.2, 0.25) is 0 Å². The number of rotatable bonds is 2. The molecule has 1 aromatic heterocycles. The molecule has 0 radical (unpaired) electrons. The van der Waals surface area contributed by atoms with Crippen LogP contribution in [0.15, 0.2) is 15.8 Å². The maximum absolute atomic E-state index is 11.6. The van der Waals surface area contributed by atoms with E-state index < -0.39 is 41.2 Å². The number of aromatic nitrogens is 3. The summed E-state index contributed by atoms with van der Waals surface area (Å²) in [5.74, 6) is 2.13. The van der Waals surface area contributed by atoms with Crippen molar-refractivity contribution in [3.8, 4) is 12.3 Å². The van der Waals surface area contributed by atoms with E-state index in [-0.39, 0.29) is 0 Å². The lowest BCUT2D eigenvalue weighted by Crippen LogP contribution is -2.45. The Hall–Kier alpha value is -1.66. The number of halogens is 1. The quantitative estimate of drug-likeness (QED) is 0.419. The Labute approximate surface area is 111 Å². The number of ether oxygens (including phenoxy) is 1. The van der Waals surface area contributed by atoms with Gasteiger partial charge >= 0.3 is 5.69 Å².